The number of benzene rings is 1. The van der Waals surface area contributed by atoms with E-state index in [9.17, 15) is 8.42 Å². The highest BCUT2D eigenvalue weighted by Crippen LogP contribution is 2.27. The van der Waals surface area contributed by atoms with E-state index >= 15 is 0 Å². The first-order valence-corrected chi connectivity index (χ1v) is 7.80. The molecule has 0 aliphatic carbocycles. The molecule has 4 nitrogen and oxygen atoms in total. The van der Waals surface area contributed by atoms with E-state index in [1.807, 2.05) is 6.07 Å². The van der Waals surface area contributed by atoms with Crippen molar-refractivity contribution in [2.24, 2.45) is 0 Å². The van der Waals surface area contributed by atoms with Gasteiger partial charge in [-0.25, -0.2) is 8.42 Å². The average Bonchev–Trinajstić information content (AvgIpc) is 2.34. The fourth-order valence-corrected chi connectivity index (χ4v) is 3.80. The third-order valence-electron chi connectivity index (χ3n) is 2.69. The van der Waals surface area contributed by atoms with Crippen LogP contribution in [0.4, 0.5) is 0 Å². The summed E-state index contributed by atoms with van der Waals surface area (Å²) in [6.07, 6.45) is 1.54. The van der Waals surface area contributed by atoms with E-state index in [4.69, 9.17) is 16.9 Å². The van der Waals surface area contributed by atoms with Crippen LogP contribution in [0.3, 0.4) is 0 Å². The van der Waals surface area contributed by atoms with Crippen LogP contribution in [-0.2, 0) is 10.0 Å². The Balaban J connectivity index is 3.38. The molecule has 0 atom stereocenters. The molecule has 0 spiro atoms. The largest absolute Gasteiger partial charge is 0.243 e. The molecule has 0 radical (unpaired) electrons. The second-order valence-electron chi connectivity index (χ2n) is 5.25. The minimum absolute atomic E-state index is 0.0678. The molecule has 1 aromatic rings. The Bertz CT molecular complexity index is 655. The Kier molecular flexibility index (Phi) is 4.98. The molecule has 1 rings (SSSR count). The summed E-state index contributed by atoms with van der Waals surface area (Å²) in [4.78, 5) is 0.0678. The van der Waals surface area contributed by atoms with E-state index in [1.165, 1.54) is 28.6 Å². The minimum Gasteiger partial charge on any atom is -0.207 e. The molecule has 20 heavy (non-hydrogen) atoms. The van der Waals surface area contributed by atoms with Crippen LogP contribution in [-0.4, -0.2) is 24.8 Å². The zero-order chi connectivity index (χ0) is 15.6. The standard InChI is InChI=1S/C14H17ClN2O2S/c1-5-8-17(14(2,3)4)20(18,19)12-7-6-11(10-16)13(15)9-12/h5-7,9H,1,8H2,2-4H3. The van der Waals surface area contributed by atoms with Crippen molar-refractivity contribution >= 4 is 21.6 Å². The fraction of sp³-hybridized carbons (Fsp3) is 0.357. The van der Waals surface area contributed by atoms with Crippen molar-refractivity contribution in [1.82, 2.24) is 4.31 Å². The first kappa shape index (κ1) is 16.7. The molecule has 1 aromatic carbocycles. The van der Waals surface area contributed by atoms with E-state index < -0.39 is 15.6 Å². The second kappa shape index (κ2) is 5.96. The third-order valence-corrected chi connectivity index (χ3v) is 5.13. The molecule has 108 valence electrons. The van der Waals surface area contributed by atoms with Crippen LogP contribution in [0.15, 0.2) is 35.7 Å². The maximum absolute atomic E-state index is 12.7. The molecule has 0 amide bonds. The van der Waals surface area contributed by atoms with Gasteiger partial charge in [0.1, 0.15) is 6.07 Å². The van der Waals surface area contributed by atoms with E-state index in [-0.39, 0.29) is 22.0 Å². The molecule has 0 aliphatic heterocycles. The minimum atomic E-state index is -3.70. The van der Waals surface area contributed by atoms with Crippen LogP contribution in [0.25, 0.3) is 0 Å². The molecule has 0 saturated carbocycles. The number of halogens is 1. The summed E-state index contributed by atoms with van der Waals surface area (Å²) in [6.45, 7) is 9.20. The SMILES string of the molecule is C=CCN(C(C)(C)C)S(=O)(=O)c1ccc(C#N)c(Cl)c1. The number of hydrogen-bond donors (Lipinski definition) is 0. The van der Waals surface area contributed by atoms with Gasteiger partial charge < -0.3 is 0 Å². The van der Waals surface area contributed by atoms with Crippen molar-refractivity contribution in [3.8, 4) is 6.07 Å². The third kappa shape index (κ3) is 3.40. The topological polar surface area (TPSA) is 61.2 Å². The molecule has 6 heteroatoms. The molecular weight excluding hydrogens is 296 g/mol. The fourth-order valence-electron chi connectivity index (χ4n) is 1.72. The number of hydrogen-bond acceptors (Lipinski definition) is 3. The van der Waals surface area contributed by atoms with Gasteiger partial charge in [-0.15, -0.1) is 6.58 Å². The monoisotopic (exact) mass is 312 g/mol. The normalized spacial score (nSPS) is 12.2. The lowest BCUT2D eigenvalue weighted by atomic mass is 10.1. The molecule has 0 heterocycles. The number of rotatable bonds is 4. The molecular formula is C14H17ClN2O2S. The summed E-state index contributed by atoms with van der Waals surface area (Å²) >= 11 is 5.91. The van der Waals surface area contributed by atoms with Gasteiger partial charge in [-0.1, -0.05) is 17.7 Å². The van der Waals surface area contributed by atoms with Crippen LogP contribution >= 0.6 is 11.6 Å². The molecule has 0 bridgehead atoms. The highest BCUT2D eigenvalue weighted by Gasteiger charge is 2.33. The Labute approximate surface area is 125 Å². The first-order chi connectivity index (χ1) is 9.14. The molecule has 0 saturated heterocycles. The van der Waals surface area contributed by atoms with E-state index in [0.29, 0.717) is 0 Å². The van der Waals surface area contributed by atoms with E-state index in [0.717, 1.165) is 0 Å². The highest BCUT2D eigenvalue weighted by molar-refractivity contribution is 7.89. The van der Waals surface area contributed by atoms with Gasteiger partial charge in [-0.05, 0) is 39.0 Å². The van der Waals surface area contributed by atoms with Crippen molar-refractivity contribution in [1.29, 1.82) is 5.26 Å². The number of nitrogens with zero attached hydrogens (tertiary/aromatic N) is 2. The lowest BCUT2D eigenvalue weighted by Gasteiger charge is -2.33. The highest BCUT2D eigenvalue weighted by atomic mass is 35.5. The maximum atomic E-state index is 12.7. The first-order valence-electron chi connectivity index (χ1n) is 5.98. The van der Waals surface area contributed by atoms with Crippen molar-refractivity contribution in [3.63, 3.8) is 0 Å². The summed E-state index contributed by atoms with van der Waals surface area (Å²) in [5.41, 5.74) is -0.343. The Morgan fingerprint density at radius 2 is 2.05 bits per heavy atom. The van der Waals surface area contributed by atoms with Crippen LogP contribution in [0.2, 0.25) is 5.02 Å². The van der Waals surface area contributed by atoms with Gasteiger partial charge in [0.15, 0.2) is 0 Å². The van der Waals surface area contributed by atoms with Crippen LogP contribution in [0, 0.1) is 11.3 Å². The van der Waals surface area contributed by atoms with Crippen molar-refractivity contribution in [3.05, 3.63) is 41.4 Å². The van der Waals surface area contributed by atoms with Gasteiger partial charge >= 0.3 is 0 Å². The summed E-state index contributed by atoms with van der Waals surface area (Å²) in [6, 6.07) is 6.00. The Hall–Kier alpha value is -1.35. The van der Waals surface area contributed by atoms with Crippen LogP contribution in [0.5, 0.6) is 0 Å². The lowest BCUT2D eigenvalue weighted by molar-refractivity contribution is 0.270. The zero-order valence-corrected chi connectivity index (χ0v) is 13.3. The second-order valence-corrected chi connectivity index (χ2v) is 7.52. The van der Waals surface area contributed by atoms with Crippen LogP contribution in [0.1, 0.15) is 26.3 Å². The number of nitriles is 1. The zero-order valence-electron chi connectivity index (χ0n) is 11.7. The van der Waals surface area contributed by atoms with E-state index in [1.54, 1.807) is 20.8 Å². The molecule has 0 N–H and O–H groups in total. The van der Waals surface area contributed by atoms with Gasteiger partial charge in [-0.3, -0.25) is 0 Å². The quantitative estimate of drug-likeness (QED) is 0.802. The summed E-state index contributed by atoms with van der Waals surface area (Å²) in [5.74, 6) is 0. The van der Waals surface area contributed by atoms with Gasteiger partial charge in [0.25, 0.3) is 0 Å². The predicted octanol–water partition coefficient (Wildman–Crippen LogP) is 3.19. The van der Waals surface area contributed by atoms with Gasteiger partial charge in [0.05, 0.1) is 15.5 Å². The summed E-state index contributed by atoms with van der Waals surface area (Å²) < 4.78 is 26.7. The molecule has 0 unspecified atom stereocenters. The van der Waals surface area contributed by atoms with Gasteiger partial charge in [0.2, 0.25) is 10.0 Å². The summed E-state index contributed by atoms with van der Waals surface area (Å²) in [7, 11) is -3.70. The van der Waals surface area contributed by atoms with Crippen molar-refractivity contribution in [2.75, 3.05) is 6.54 Å². The van der Waals surface area contributed by atoms with Crippen LogP contribution < -0.4 is 0 Å². The molecule has 0 aromatic heterocycles. The predicted molar refractivity (Wildman–Crippen MR) is 80.0 cm³/mol. The Morgan fingerprint density at radius 1 is 1.45 bits per heavy atom. The van der Waals surface area contributed by atoms with Gasteiger partial charge in [-0.2, -0.15) is 9.57 Å². The summed E-state index contributed by atoms with van der Waals surface area (Å²) in [5, 5.41) is 8.95. The lowest BCUT2D eigenvalue weighted by Crippen LogP contribution is -2.45. The maximum Gasteiger partial charge on any atom is 0.243 e. The number of sulfonamides is 1. The average molecular weight is 313 g/mol. The smallest absolute Gasteiger partial charge is 0.207 e. The molecule has 0 fully saturated rings. The van der Waals surface area contributed by atoms with Crippen molar-refractivity contribution < 1.29 is 8.42 Å². The van der Waals surface area contributed by atoms with Crippen molar-refractivity contribution in [2.45, 2.75) is 31.2 Å². The Morgan fingerprint density at radius 3 is 2.45 bits per heavy atom. The van der Waals surface area contributed by atoms with E-state index in [2.05, 4.69) is 6.58 Å². The molecule has 0 aliphatic rings. The van der Waals surface area contributed by atoms with Gasteiger partial charge in [0, 0.05) is 12.1 Å².